The van der Waals surface area contributed by atoms with Crippen LogP contribution in [0.1, 0.15) is 5.56 Å². The largest absolute Gasteiger partial charge is 0.355 e. The quantitative estimate of drug-likeness (QED) is 0.806. The molecule has 0 bridgehead atoms. The predicted octanol–water partition coefficient (Wildman–Crippen LogP) is 3.36. The highest BCUT2D eigenvalue weighted by atomic mass is 79.9. The molecule has 0 aliphatic heterocycles. The lowest BCUT2D eigenvalue weighted by Gasteiger charge is -2.18. The number of aromatic amines is 1. The Bertz CT molecular complexity index is 690. The first-order chi connectivity index (χ1) is 9.22. The van der Waals surface area contributed by atoms with Crippen molar-refractivity contribution in [3.8, 4) is 0 Å². The highest BCUT2D eigenvalue weighted by Gasteiger charge is 2.05. The first-order valence-corrected chi connectivity index (χ1v) is 6.76. The average molecular weight is 317 g/mol. The number of hydrogen-bond acceptors (Lipinski definition) is 3. The first-order valence-electron chi connectivity index (χ1n) is 5.97. The Morgan fingerprint density at radius 1 is 1.21 bits per heavy atom. The van der Waals surface area contributed by atoms with Crippen molar-refractivity contribution in [2.24, 2.45) is 0 Å². The molecule has 0 aliphatic carbocycles. The second-order valence-electron chi connectivity index (χ2n) is 4.44. The van der Waals surface area contributed by atoms with Crippen molar-refractivity contribution in [1.82, 2.24) is 15.0 Å². The molecule has 1 aromatic carbocycles. The number of fused-ring (bicyclic) bond motifs is 1. The van der Waals surface area contributed by atoms with Crippen LogP contribution in [-0.2, 0) is 6.54 Å². The van der Waals surface area contributed by atoms with Crippen LogP contribution in [0, 0.1) is 0 Å². The van der Waals surface area contributed by atoms with Crippen molar-refractivity contribution in [1.29, 1.82) is 0 Å². The van der Waals surface area contributed by atoms with Gasteiger partial charge >= 0.3 is 0 Å². The number of hydrogen-bond donors (Lipinski definition) is 1. The van der Waals surface area contributed by atoms with E-state index < -0.39 is 0 Å². The average Bonchev–Trinajstić information content (AvgIpc) is 2.87. The summed E-state index contributed by atoms with van der Waals surface area (Å²) in [6.07, 6.45) is 3.53. The van der Waals surface area contributed by atoms with Gasteiger partial charge in [-0.05, 0) is 45.8 Å². The number of anilines is 1. The molecule has 0 unspecified atom stereocenters. The van der Waals surface area contributed by atoms with Crippen LogP contribution >= 0.6 is 15.9 Å². The Balaban J connectivity index is 1.81. The normalized spacial score (nSPS) is 10.8. The van der Waals surface area contributed by atoms with E-state index in [9.17, 15) is 0 Å². The van der Waals surface area contributed by atoms with Gasteiger partial charge in [0.1, 0.15) is 5.82 Å². The van der Waals surface area contributed by atoms with E-state index in [0.717, 1.165) is 27.9 Å². The molecule has 0 amide bonds. The summed E-state index contributed by atoms with van der Waals surface area (Å²) in [6.45, 7) is 0.809. The summed E-state index contributed by atoms with van der Waals surface area (Å²) in [5.74, 6) is 0.952. The van der Waals surface area contributed by atoms with Crippen molar-refractivity contribution in [3.05, 3.63) is 52.9 Å². The van der Waals surface area contributed by atoms with Crippen LogP contribution in [0.15, 0.2) is 47.3 Å². The molecule has 0 fully saturated rings. The maximum Gasteiger partial charge on any atom is 0.128 e. The Hall–Kier alpha value is -1.88. The maximum absolute atomic E-state index is 4.39. The third-order valence-electron chi connectivity index (χ3n) is 3.01. The minimum absolute atomic E-state index is 0.809. The Kier molecular flexibility index (Phi) is 3.21. The molecule has 0 aliphatic rings. The molecule has 0 spiro atoms. The lowest BCUT2D eigenvalue weighted by molar-refractivity contribution is 0.898. The summed E-state index contributed by atoms with van der Waals surface area (Å²) in [5.41, 5.74) is 3.28. The van der Waals surface area contributed by atoms with E-state index >= 15 is 0 Å². The molecule has 0 atom stereocenters. The first kappa shape index (κ1) is 12.2. The second-order valence-corrected chi connectivity index (χ2v) is 5.36. The van der Waals surface area contributed by atoms with Crippen LogP contribution in [0.4, 0.5) is 5.82 Å². The highest BCUT2D eigenvalue weighted by molar-refractivity contribution is 9.10. The van der Waals surface area contributed by atoms with Gasteiger partial charge in [0.2, 0.25) is 0 Å². The maximum atomic E-state index is 4.39. The van der Waals surface area contributed by atoms with Crippen LogP contribution in [0.2, 0.25) is 0 Å². The molecule has 4 nitrogen and oxygen atoms in total. The molecular formula is C14H13BrN4. The van der Waals surface area contributed by atoms with Gasteiger partial charge in [-0.15, -0.1) is 0 Å². The lowest BCUT2D eigenvalue weighted by atomic mass is 10.2. The standard InChI is InChI=1S/C14H13BrN4/c1-19(14-5-3-11(15)7-16-14)8-10-2-4-12-13(6-10)18-9-17-12/h2-7,9H,8H2,1H3,(H,17,18). The van der Waals surface area contributed by atoms with Gasteiger partial charge in [-0.2, -0.15) is 0 Å². The number of halogens is 1. The topological polar surface area (TPSA) is 44.8 Å². The summed E-state index contributed by atoms with van der Waals surface area (Å²) in [4.78, 5) is 13.8. The number of nitrogens with one attached hydrogen (secondary N) is 1. The highest BCUT2D eigenvalue weighted by Crippen LogP contribution is 2.17. The smallest absolute Gasteiger partial charge is 0.128 e. The number of pyridine rings is 1. The fourth-order valence-corrected chi connectivity index (χ4v) is 2.26. The van der Waals surface area contributed by atoms with Gasteiger partial charge in [-0.25, -0.2) is 9.97 Å². The van der Waals surface area contributed by atoms with Crippen LogP contribution in [-0.4, -0.2) is 22.0 Å². The number of nitrogens with zero attached hydrogens (tertiary/aromatic N) is 3. The second kappa shape index (κ2) is 5.01. The summed E-state index contributed by atoms with van der Waals surface area (Å²) in [5, 5.41) is 0. The van der Waals surface area contributed by atoms with Gasteiger partial charge in [0.05, 0.1) is 17.4 Å². The van der Waals surface area contributed by atoms with Crippen molar-refractivity contribution in [3.63, 3.8) is 0 Å². The molecule has 3 rings (SSSR count). The summed E-state index contributed by atoms with van der Waals surface area (Å²) in [7, 11) is 2.04. The monoisotopic (exact) mass is 316 g/mol. The number of rotatable bonds is 3. The zero-order chi connectivity index (χ0) is 13.2. The zero-order valence-corrected chi connectivity index (χ0v) is 12.1. The van der Waals surface area contributed by atoms with E-state index in [0.29, 0.717) is 0 Å². The molecule has 1 N–H and O–H groups in total. The van der Waals surface area contributed by atoms with E-state index in [-0.39, 0.29) is 0 Å². The van der Waals surface area contributed by atoms with Crippen molar-refractivity contribution in [2.45, 2.75) is 6.54 Å². The van der Waals surface area contributed by atoms with E-state index in [2.05, 4.69) is 47.9 Å². The molecule has 3 aromatic rings. The molecule has 19 heavy (non-hydrogen) atoms. The summed E-state index contributed by atoms with van der Waals surface area (Å²) >= 11 is 3.39. The van der Waals surface area contributed by atoms with Gasteiger partial charge in [0, 0.05) is 24.3 Å². The van der Waals surface area contributed by atoms with Gasteiger partial charge in [0.25, 0.3) is 0 Å². The third-order valence-corrected chi connectivity index (χ3v) is 3.48. The minimum atomic E-state index is 0.809. The molecule has 0 saturated heterocycles. The van der Waals surface area contributed by atoms with Crippen molar-refractivity contribution >= 4 is 32.8 Å². The molecule has 5 heteroatoms. The summed E-state index contributed by atoms with van der Waals surface area (Å²) in [6, 6.07) is 10.2. The Morgan fingerprint density at radius 3 is 2.89 bits per heavy atom. The van der Waals surface area contributed by atoms with Gasteiger partial charge in [-0.1, -0.05) is 6.07 Å². The van der Waals surface area contributed by atoms with Gasteiger partial charge < -0.3 is 9.88 Å². The number of imidazole rings is 1. The van der Waals surface area contributed by atoms with E-state index in [1.807, 2.05) is 31.4 Å². The molecule has 0 saturated carbocycles. The van der Waals surface area contributed by atoms with Crippen molar-refractivity contribution < 1.29 is 0 Å². The molecule has 0 radical (unpaired) electrons. The van der Waals surface area contributed by atoms with Gasteiger partial charge in [-0.3, -0.25) is 0 Å². The van der Waals surface area contributed by atoms with E-state index in [4.69, 9.17) is 0 Å². The molecule has 2 aromatic heterocycles. The van der Waals surface area contributed by atoms with E-state index in [1.165, 1.54) is 5.56 Å². The van der Waals surface area contributed by atoms with Crippen LogP contribution < -0.4 is 4.90 Å². The fourth-order valence-electron chi connectivity index (χ4n) is 2.03. The number of aromatic nitrogens is 3. The van der Waals surface area contributed by atoms with Crippen LogP contribution in [0.5, 0.6) is 0 Å². The Labute approximate surface area is 119 Å². The zero-order valence-electron chi connectivity index (χ0n) is 10.5. The predicted molar refractivity (Wildman–Crippen MR) is 80.1 cm³/mol. The number of H-pyrrole nitrogens is 1. The van der Waals surface area contributed by atoms with Crippen LogP contribution in [0.25, 0.3) is 11.0 Å². The molecule has 96 valence electrons. The van der Waals surface area contributed by atoms with Gasteiger partial charge in [0.15, 0.2) is 0 Å². The minimum Gasteiger partial charge on any atom is -0.355 e. The fraction of sp³-hybridized carbons (Fsp3) is 0.143. The SMILES string of the molecule is CN(Cc1ccc2nc[nH]c2c1)c1ccc(Br)cn1. The lowest BCUT2D eigenvalue weighted by Crippen LogP contribution is -2.17. The summed E-state index contributed by atoms with van der Waals surface area (Å²) < 4.78 is 0.989. The molecular weight excluding hydrogens is 304 g/mol. The van der Waals surface area contributed by atoms with E-state index in [1.54, 1.807) is 6.33 Å². The van der Waals surface area contributed by atoms with Crippen molar-refractivity contribution in [2.75, 3.05) is 11.9 Å². The Morgan fingerprint density at radius 2 is 2.11 bits per heavy atom. The third kappa shape index (κ3) is 2.61. The van der Waals surface area contributed by atoms with Crippen LogP contribution in [0.3, 0.4) is 0 Å². The molecule has 2 heterocycles. The number of benzene rings is 1.